The van der Waals surface area contributed by atoms with E-state index in [1.165, 1.54) is 0 Å². The third-order valence-electron chi connectivity index (χ3n) is 0. The fraction of sp³-hybridized carbons (Fsp3) is 0. The first-order chi connectivity index (χ1) is 0. The molecular formula is H15N5RuTa3. The molecule has 0 aromatic rings. The summed E-state index contributed by atoms with van der Waals surface area (Å²) in [5.74, 6) is 0. The van der Waals surface area contributed by atoms with Gasteiger partial charge in [0, 0.05) is 86.6 Å². The van der Waals surface area contributed by atoms with Crippen LogP contribution in [0.5, 0.6) is 0 Å². The van der Waals surface area contributed by atoms with E-state index >= 15 is 0 Å². The normalized spacial score (nSPS) is 0. The fourth-order valence-corrected chi connectivity index (χ4v) is 0. The van der Waals surface area contributed by atoms with Gasteiger partial charge >= 0.3 is 0 Å². The summed E-state index contributed by atoms with van der Waals surface area (Å²) in [5.41, 5.74) is 0. The number of hydrogen-bond donors (Lipinski definition) is 5. The van der Waals surface area contributed by atoms with Gasteiger partial charge in [-0.2, -0.15) is 0 Å². The van der Waals surface area contributed by atoms with Gasteiger partial charge < -0.3 is 30.8 Å². The van der Waals surface area contributed by atoms with Crippen LogP contribution in [0.25, 0.3) is 0 Å². The van der Waals surface area contributed by atoms with Crippen molar-refractivity contribution in [2.24, 2.45) is 0 Å². The van der Waals surface area contributed by atoms with Crippen molar-refractivity contribution in [3.05, 3.63) is 0 Å². The molecule has 0 unspecified atom stereocenters. The van der Waals surface area contributed by atoms with Crippen LogP contribution in [0.2, 0.25) is 0 Å². The zero-order valence-corrected chi connectivity index (χ0v) is 16.6. The molecule has 0 spiro atoms. The average Bonchev–Trinajstić information content (AvgIpc) is 0. The summed E-state index contributed by atoms with van der Waals surface area (Å²) in [4.78, 5) is 0. The molecule has 63 valence electrons. The van der Waals surface area contributed by atoms with Gasteiger partial charge in [-0.15, -0.1) is 0 Å². The first-order valence-electron chi connectivity index (χ1n) is 0. The van der Waals surface area contributed by atoms with E-state index in [1.807, 2.05) is 0 Å². The van der Waals surface area contributed by atoms with E-state index in [1.54, 1.807) is 0 Å². The van der Waals surface area contributed by atoms with E-state index in [0.29, 0.717) is 0 Å². The Morgan fingerprint density at radius 1 is 0.333 bits per heavy atom. The summed E-state index contributed by atoms with van der Waals surface area (Å²) in [7, 11) is 0. The van der Waals surface area contributed by atoms with Gasteiger partial charge in [0.1, 0.15) is 0 Å². The van der Waals surface area contributed by atoms with Gasteiger partial charge in [0.2, 0.25) is 0 Å². The van der Waals surface area contributed by atoms with Crippen LogP contribution in [0.1, 0.15) is 0 Å². The smallest absolute Gasteiger partial charge is 0 e. The van der Waals surface area contributed by atoms with Crippen LogP contribution in [0, 0.1) is 0 Å². The molecule has 9 heteroatoms. The monoisotopic (exact) mass is 730 g/mol. The van der Waals surface area contributed by atoms with Crippen LogP contribution in [0.3, 0.4) is 0 Å². The van der Waals surface area contributed by atoms with Gasteiger partial charge in [0.05, 0.1) is 0 Å². The van der Waals surface area contributed by atoms with Gasteiger partial charge in [-0.3, -0.25) is 0 Å². The SMILES string of the molecule is N.N.N.N.N.[Ru].[Ta].[Ta].[Ta]. The van der Waals surface area contributed by atoms with Crippen molar-refractivity contribution in [2.45, 2.75) is 0 Å². The second-order valence-electron chi connectivity index (χ2n) is 0. The fourth-order valence-electron chi connectivity index (χ4n) is 0. The van der Waals surface area contributed by atoms with Gasteiger partial charge in [0.15, 0.2) is 0 Å². The Morgan fingerprint density at radius 3 is 0.333 bits per heavy atom. The molecule has 0 bridgehead atoms. The molecule has 0 aromatic heterocycles. The molecule has 0 aromatic carbocycles. The topological polar surface area (TPSA) is 175 Å². The molecule has 0 amide bonds. The molecule has 9 heavy (non-hydrogen) atoms. The predicted molar refractivity (Wildman–Crippen MR) is 25.1 cm³/mol. The Hall–Kier alpha value is 2.64. The maximum absolute atomic E-state index is 0. The van der Waals surface area contributed by atoms with Crippen LogP contribution in [-0.4, -0.2) is 0 Å². The summed E-state index contributed by atoms with van der Waals surface area (Å²) in [6.07, 6.45) is 0. The Kier molecular flexibility index (Phi) is 2970. The minimum Gasteiger partial charge on any atom is -0.344 e. The van der Waals surface area contributed by atoms with Gasteiger partial charge in [0.25, 0.3) is 0 Å². The van der Waals surface area contributed by atoms with Crippen molar-refractivity contribution in [3.63, 3.8) is 0 Å². The molecule has 0 rings (SSSR count). The molecule has 0 aliphatic rings. The molecule has 0 saturated heterocycles. The predicted octanol–water partition coefficient (Wildman–Crippen LogP) is 0.800. The third-order valence-corrected chi connectivity index (χ3v) is 0. The van der Waals surface area contributed by atoms with Crippen LogP contribution in [0.4, 0.5) is 0 Å². The quantitative estimate of drug-likeness (QED) is 0.232. The first kappa shape index (κ1) is 189. The van der Waals surface area contributed by atoms with E-state index in [2.05, 4.69) is 0 Å². The van der Waals surface area contributed by atoms with E-state index in [0.717, 1.165) is 0 Å². The molecule has 0 fully saturated rings. The zero-order valence-electron chi connectivity index (χ0n) is 5.23. The maximum atomic E-state index is 0. The van der Waals surface area contributed by atoms with Crippen molar-refractivity contribution in [1.29, 1.82) is 0 Å². The third kappa shape index (κ3) is 114. The molecule has 3 radical (unpaired) electrons. The van der Waals surface area contributed by atoms with Crippen molar-refractivity contribution >= 4 is 0 Å². The Bertz CT molecular complexity index is 12.2. The van der Waals surface area contributed by atoms with E-state index in [4.69, 9.17) is 0 Å². The van der Waals surface area contributed by atoms with Crippen LogP contribution in [0.15, 0.2) is 0 Å². The maximum Gasteiger partial charge on any atom is 0 e. The Balaban J connectivity index is 0. The molecule has 0 aliphatic heterocycles. The largest absolute Gasteiger partial charge is 0.344 e. The molecule has 5 nitrogen and oxygen atoms in total. The van der Waals surface area contributed by atoms with Crippen LogP contribution < -0.4 is 30.8 Å². The van der Waals surface area contributed by atoms with Crippen LogP contribution >= 0.6 is 0 Å². The summed E-state index contributed by atoms with van der Waals surface area (Å²) in [5, 5.41) is 0. The summed E-state index contributed by atoms with van der Waals surface area (Å²) in [6.45, 7) is 0. The molecule has 0 saturated carbocycles. The van der Waals surface area contributed by atoms with Gasteiger partial charge in [-0.1, -0.05) is 0 Å². The molecule has 15 N–H and O–H groups in total. The van der Waals surface area contributed by atoms with Crippen LogP contribution in [-0.2, 0) is 86.6 Å². The van der Waals surface area contributed by atoms with E-state index < -0.39 is 0 Å². The molecule has 0 atom stereocenters. The van der Waals surface area contributed by atoms with Crippen molar-refractivity contribution < 1.29 is 86.6 Å². The first-order valence-corrected chi connectivity index (χ1v) is 0. The zero-order chi connectivity index (χ0) is 0. The second-order valence-corrected chi connectivity index (χ2v) is 0. The standard InChI is InChI=1S/5H3N.Ru.3Ta/h5*1H3;;;;. The molecular weight excluding hydrogens is 714 g/mol. The van der Waals surface area contributed by atoms with Gasteiger partial charge in [-0.05, 0) is 0 Å². The number of rotatable bonds is 0. The van der Waals surface area contributed by atoms with E-state index in [-0.39, 0.29) is 117 Å². The molecule has 0 heterocycles. The van der Waals surface area contributed by atoms with Gasteiger partial charge in [-0.25, -0.2) is 0 Å². The summed E-state index contributed by atoms with van der Waals surface area (Å²) < 4.78 is 0. The minimum absolute atomic E-state index is 0. The Morgan fingerprint density at radius 2 is 0.333 bits per heavy atom. The van der Waals surface area contributed by atoms with Crippen molar-refractivity contribution in [3.8, 4) is 0 Å². The van der Waals surface area contributed by atoms with E-state index in [9.17, 15) is 0 Å². The Labute approximate surface area is 116 Å². The number of hydrogen-bond acceptors (Lipinski definition) is 5. The summed E-state index contributed by atoms with van der Waals surface area (Å²) >= 11 is 0. The minimum atomic E-state index is 0. The summed E-state index contributed by atoms with van der Waals surface area (Å²) in [6, 6.07) is 0. The van der Waals surface area contributed by atoms with Crippen molar-refractivity contribution in [2.75, 3.05) is 0 Å². The average molecular weight is 729 g/mol. The van der Waals surface area contributed by atoms with Crippen molar-refractivity contribution in [1.82, 2.24) is 30.8 Å². The molecule has 0 aliphatic carbocycles. The second kappa shape index (κ2) is 142.